The van der Waals surface area contributed by atoms with Gasteiger partial charge in [-0.25, -0.2) is 14.4 Å². The third-order valence-electron chi connectivity index (χ3n) is 5.52. The third kappa shape index (κ3) is 3.42. The van der Waals surface area contributed by atoms with E-state index in [1.54, 1.807) is 24.4 Å². The van der Waals surface area contributed by atoms with Crippen molar-refractivity contribution in [2.75, 3.05) is 18.1 Å². The number of nitrogens with two attached hydrogens (primary N) is 2. The molecule has 4 atom stereocenters. The average Bonchev–Trinajstić information content (AvgIpc) is 3.23. The second kappa shape index (κ2) is 7.84. The Morgan fingerprint density at radius 3 is 2.91 bits per heavy atom. The summed E-state index contributed by atoms with van der Waals surface area (Å²) in [5, 5.41) is 11.8. The van der Waals surface area contributed by atoms with Crippen LogP contribution in [0.4, 0.5) is 15.9 Å². The molecule has 1 fully saturated rings. The monoisotopic (exact) mass is 502 g/mol. The number of benzene rings is 1. The fourth-order valence-corrected chi connectivity index (χ4v) is 4.56. The minimum atomic E-state index is -1.69. The van der Waals surface area contributed by atoms with Crippen molar-refractivity contribution in [1.82, 2.24) is 19.5 Å². The number of aliphatic hydroxyl groups excluding tert-OH is 1. The highest BCUT2D eigenvalue weighted by Crippen LogP contribution is 2.38. The number of hydrogen-bond donors (Lipinski definition) is 3. The van der Waals surface area contributed by atoms with Crippen LogP contribution >= 0.6 is 15.9 Å². The standard InChI is InChI=1S/C21H20BrFN6O3/c1-9-4-13(24)11-3-2-10(5-14(11)28-9)31-7-15-18(30)17(23)21(32-15)29-6-12(22)16-19(25)26-8-27-20(16)29/h2-6,8,15,17-18,21,30H,7H2,1H3,(H2,24,28)(H2,25,26,27)/t15-,17+,18-,21-/m1/s1. The van der Waals surface area contributed by atoms with Crippen LogP contribution < -0.4 is 16.2 Å². The lowest BCUT2D eigenvalue weighted by Gasteiger charge is -2.17. The van der Waals surface area contributed by atoms with Gasteiger partial charge < -0.3 is 30.6 Å². The molecule has 0 spiro atoms. The Hall–Kier alpha value is -3.02. The van der Waals surface area contributed by atoms with Gasteiger partial charge in [-0.3, -0.25) is 4.98 Å². The molecule has 0 bridgehead atoms. The van der Waals surface area contributed by atoms with Crippen LogP contribution in [0.3, 0.4) is 0 Å². The van der Waals surface area contributed by atoms with E-state index in [4.69, 9.17) is 20.9 Å². The van der Waals surface area contributed by atoms with Crippen molar-refractivity contribution in [3.05, 3.63) is 47.0 Å². The van der Waals surface area contributed by atoms with E-state index in [1.807, 2.05) is 13.0 Å². The molecule has 1 saturated heterocycles. The van der Waals surface area contributed by atoms with E-state index in [0.717, 1.165) is 11.1 Å². The van der Waals surface area contributed by atoms with Gasteiger partial charge in [0.1, 0.15) is 42.4 Å². The van der Waals surface area contributed by atoms with Crippen LogP contribution in [0.5, 0.6) is 5.75 Å². The zero-order valence-corrected chi connectivity index (χ0v) is 18.5. The van der Waals surface area contributed by atoms with Gasteiger partial charge in [-0.05, 0) is 41.1 Å². The molecular formula is C21H20BrFN6O3. The maximum absolute atomic E-state index is 15.0. The maximum Gasteiger partial charge on any atom is 0.173 e. The highest BCUT2D eigenvalue weighted by Gasteiger charge is 2.46. The molecule has 5 N–H and O–H groups in total. The molecule has 3 aromatic heterocycles. The molecule has 9 nitrogen and oxygen atoms in total. The molecule has 4 aromatic rings. The molecule has 1 aromatic carbocycles. The smallest absolute Gasteiger partial charge is 0.173 e. The Morgan fingerprint density at radius 2 is 2.09 bits per heavy atom. The molecule has 0 aliphatic carbocycles. The Morgan fingerprint density at radius 1 is 1.28 bits per heavy atom. The number of rotatable bonds is 4. The van der Waals surface area contributed by atoms with Gasteiger partial charge in [0.15, 0.2) is 12.4 Å². The van der Waals surface area contributed by atoms with E-state index in [-0.39, 0.29) is 12.4 Å². The first-order chi connectivity index (χ1) is 15.3. The SMILES string of the molecule is Cc1cc(N)c2ccc(OC[C@H]3O[C@@H](n4cc(Br)c5c(N)ncnc54)[C@@H](F)[C@@H]3O)cc2n1. The van der Waals surface area contributed by atoms with Gasteiger partial charge in [0.2, 0.25) is 0 Å². The number of ether oxygens (including phenoxy) is 2. The number of alkyl halides is 1. The molecule has 1 aliphatic rings. The van der Waals surface area contributed by atoms with Crippen LogP contribution in [-0.4, -0.2) is 49.6 Å². The van der Waals surface area contributed by atoms with E-state index < -0.39 is 24.6 Å². The lowest BCUT2D eigenvalue weighted by atomic mass is 10.1. The number of aryl methyl sites for hydroxylation is 1. The number of anilines is 2. The molecule has 0 saturated carbocycles. The number of nitrogen functional groups attached to an aromatic ring is 2. The van der Waals surface area contributed by atoms with E-state index in [0.29, 0.717) is 32.5 Å². The Labute approximate surface area is 190 Å². The minimum absolute atomic E-state index is 0.0532. The van der Waals surface area contributed by atoms with Gasteiger partial charge >= 0.3 is 0 Å². The molecule has 4 heterocycles. The van der Waals surface area contributed by atoms with E-state index in [1.165, 1.54) is 10.9 Å². The van der Waals surface area contributed by atoms with Gasteiger partial charge in [-0.1, -0.05) is 0 Å². The molecular weight excluding hydrogens is 483 g/mol. The van der Waals surface area contributed by atoms with Gasteiger partial charge in [0.05, 0.1) is 10.9 Å². The zero-order chi connectivity index (χ0) is 22.6. The summed E-state index contributed by atoms with van der Waals surface area (Å²) in [6, 6.07) is 7.11. The predicted octanol–water partition coefficient (Wildman–Crippen LogP) is 2.89. The first-order valence-corrected chi connectivity index (χ1v) is 10.7. The van der Waals surface area contributed by atoms with Crippen molar-refractivity contribution in [3.8, 4) is 5.75 Å². The molecule has 5 rings (SSSR count). The van der Waals surface area contributed by atoms with Crippen molar-refractivity contribution in [2.45, 2.75) is 31.5 Å². The number of aliphatic hydroxyl groups is 1. The summed E-state index contributed by atoms with van der Waals surface area (Å²) in [5.74, 6) is 0.773. The molecule has 166 valence electrons. The van der Waals surface area contributed by atoms with Crippen molar-refractivity contribution in [3.63, 3.8) is 0 Å². The number of nitrogens with zero attached hydrogens (tertiary/aromatic N) is 4. The fourth-order valence-electron chi connectivity index (χ4n) is 3.96. The number of hydrogen-bond acceptors (Lipinski definition) is 8. The van der Waals surface area contributed by atoms with Gasteiger partial charge in [-0.15, -0.1) is 0 Å². The highest BCUT2D eigenvalue weighted by atomic mass is 79.9. The van der Waals surface area contributed by atoms with Crippen LogP contribution in [0.1, 0.15) is 11.9 Å². The summed E-state index contributed by atoms with van der Waals surface area (Å²) in [4.78, 5) is 12.6. The molecule has 0 radical (unpaired) electrons. The van der Waals surface area contributed by atoms with Crippen molar-refractivity contribution in [2.24, 2.45) is 0 Å². The van der Waals surface area contributed by atoms with Gasteiger partial charge in [0, 0.05) is 33.5 Å². The second-order valence-electron chi connectivity index (χ2n) is 7.68. The average molecular weight is 503 g/mol. The lowest BCUT2D eigenvalue weighted by molar-refractivity contribution is -0.0411. The van der Waals surface area contributed by atoms with E-state index in [2.05, 4.69) is 30.9 Å². The number of pyridine rings is 1. The maximum atomic E-state index is 15.0. The highest BCUT2D eigenvalue weighted by molar-refractivity contribution is 9.10. The summed E-state index contributed by atoms with van der Waals surface area (Å²) < 4.78 is 28.7. The van der Waals surface area contributed by atoms with Crippen molar-refractivity contribution >= 4 is 49.4 Å². The fraction of sp³-hybridized carbons (Fsp3) is 0.286. The molecule has 0 unspecified atom stereocenters. The summed E-state index contributed by atoms with van der Waals surface area (Å²) in [6.45, 7) is 1.80. The van der Waals surface area contributed by atoms with Crippen molar-refractivity contribution in [1.29, 1.82) is 0 Å². The predicted molar refractivity (Wildman–Crippen MR) is 121 cm³/mol. The Balaban J connectivity index is 1.36. The van der Waals surface area contributed by atoms with Gasteiger partial charge in [0.25, 0.3) is 0 Å². The second-order valence-corrected chi connectivity index (χ2v) is 8.54. The summed E-state index contributed by atoms with van der Waals surface area (Å²) in [7, 11) is 0. The van der Waals surface area contributed by atoms with E-state index in [9.17, 15) is 5.11 Å². The normalized spacial score (nSPS) is 23.2. The quantitative estimate of drug-likeness (QED) is 0.387. The van der Waals surface area contributed by atoms with Crippen LogP contribution in [0.25, 0.3) is 21.9 Å². The molecule has 0 amide bonds. The first kappa shape index (κ1) is 20.9. The third-order valence-corrected chi connectivity index (χ3v) is 6.12. The summed E-state index contributed by atoms with van der Waals surface area (Å²) in [5.41, 5.74) is 14.5. The number of aromatic nitrogens is 4. The summed E-state index contributed by atoms with van der Waals surface area (Å²) >= 11 is 3.40. The lowest BCUT2D eigenvalue weighted by Crippen LogP contribution is -2.32. The number of halogens is 2. The van der Waals surface area contributed by atoms with Crippen LogP contribution in [0, 0.1) is 6.92 Å². The van der Waals surface area contributed by atoms with E-state index >= 15 is 4.39 Å². The zero-order valence-electron chi connectivity index (χ0n) is 16.9. The summed E-state index contributed by atoms with van der Waals surface area (Å²) in [6.07, 6.45) is -2.15. The van der Waals surface area contributed by atoms with Gasteiger partial charge in [-0.2, -0.15) is 0 Å². The largest absolute Gasteiger partial charge is 0.491 e. The van der Waals surface area contributed by atoms with Crippen LogP contribution in [0.15, 0.2) is 41.3 Å². The molecule has 11 heteroatoms. The van der Waals surface area contributed by atoms with Crippen molar-refractivity contribution < 1.29 is 19.0 Å². The van der Waals surface area contributed by atoms with Crippen LogP contribution in [0.2, 0.25) is 0 Å². The first-order valence-electron chi connectivity index (χ1n) is 9.87. The molecule has 32 heavy (non-hydrogen) atoms. The Kier molecular flexibility index (Phi) is 5.11. The Bertz CT molecular complexity index is 1330. The number of fused-ring (bicyclic) bond motifs is 2. The molecule has 1 aliphatic heterocycles. The van der Waals surface area contributed by atoms with Crippen LogP contribution in [-0.2, 0) is 4.74 Å². The topological polar surface area (TPSA) is 134 Å². The minimum Gasteiger partial charge on any atom is -0.491 e.